The largest absolute Gasteiger partial charge is 0.430 e. The molecule has 0 spiro atoms. The molecule has 3 N–H and O–H groups in total. The van der Waals surface area contributed by atoms with E-state index >= 15 is 0 Å². The normalized spacial score (nSPS) is 40.2. The number of fused-ring (bicyclic) bond motifs is 5. The summed E-state index contributed by atoms with van der Waals surface area (Å²) in [6.07, 6.45) is 8.68. The van der Waals surface area contributed by atoms with E-state index in [9.17, 15) is 29.7 Å². The molecule has 0 aromatic rings. The Morgan fingerprint density at radius 3 is 2.57 bits per heavy atom. The summed E-state index contributed by atoms with van der Waals surface area (Å²) in [7, 11) is 0. The average molecular weight is 489 g/mol. The van der Waals surface area contributed by atoms with Gasteiger partial charge in [-0.25, -0.2) is 0 Å². The van der Waals surface area contributed by atoms with Crippen molar-refractivity contribution in [2.24, 2.45) is 28.6 Å². The van der Waals surface area contributed by atoms with Crippen LogP contribution >= 0.6 is 0 Å². The van der Waals surface area contributed by atoms with Crippen LogP contribution in [0.2, 0.25) is 0 Å². The fourth-order valence-electron chi connectivity index (χ4n) is 8.00. The lowest BCUT2D eigenvalue weighted by Crippen LogP contribution is -2.62. The van der Waals surface area contributed by atoms with E-state index < -0.39 is 34.9 Å². The molecule has 0 heterocycles. The Morgan fingerprint density at radius 2 is 1.89 bits per heavy atom. The predicted molar refractivity (Wildman–Crippen MR) is 129 cm³/mol. The average Bonchev–Trinajstić information content (AvgIpc) is 3.08. The summed E-state index contributed by atoms with van der Waals surface area (Å²) >= 11 is 0. The molecule has 7 heteroatoms. The number of rotatable bonds is 8. The second-order valence-electron chi connectivity index (χ2n) is 11.6. The Hall–Kier alpha value is -1.83. The Kier molecular flexibility index (Phi) is 7.17. The zero-order valence-corrected chi connectivity index (χ0v) is 21.2. The van der Waals surface area contributed by atoms with Crippen LogP contribution in [-0.4, -0.2) is 51.2 Å². The van der Waals surface area contributed by atoms with Crippen molar-refractivity contribution in [3.05, 3.63) is 23.5 Å². The molecule has 35 heavy (non-hydrogen) atoms. The lowest BCUT2D eigenvalue weighted by Gasteiger charge is -2.60. The number of unbranched alkanes of at least 4 members (excludes halogenated alkanes) is 3. The van der Waals surface area contributed by atoms with Gasteiger partial charge in [0.05, 0.1) is 11.5 Å². The van der Waals surface area contributed by atoms with Gasteiger partial charge < -0.3 is 20.1 Å². The minimum atomic E-state index is -1.67. The van der Waals surface area contributed by atoms with Gasteiger partial charge in [-0.3, -0.25) is 14.4 Å². The second-order valence-corrected chi connectivity index (χ2v) is 11.6. The van der Waals surface area contributed by atoms with E-state index in [1.807, 2.05) is 13.8 Å². The predicted octanol–water partition coefficient (Wildman–Crippen LogP) is 3.40. The van der Waals surface area contributed by atoms with E-state index in [4.69, 9.17) is 4.74 Å². The summed E-state index contributed by atoms with van der Waals surface area (Å²) in [5, 5.41) is 32.5. The van der Waals surface area contributed by atoms with Crippen molar-refractivity contribution < 1.29 is 34.4 Å². The second kappa shape index (κ2) is 9.56. The summed E-state index contributed by atoms with van der Waals surface area (Å²) in [4.78, 5) is 37.8. The van der Waals surface area contributed by atoms with Gasteiger partial charge in [0, 0.05) is 23.8 Å². The zero-order valence-electron chi connectivity index (χ0n) is 21.2. The molecule has 0 amide bonds. The van der Waals surface area contributed by atoms with Crippen LogP contribution in [0.4, 0.5) is 0 Å². The van der Waals surface area contributed by atoms with Crippen molar-refractivity contribution >= 4 is 17.5 Å². The number of allylic oxidation sites excluding steroid dienone is 3. The third-order valence-electron chi connectivity index (χ3n) is 9.85. The number of esters is 1. The summed E-state index contributed by atoms with van der Waals surface area (Å²) in [5.41, 5.74) is -2.45. The van der Waals surface area contributed by atoms with Crippen LogP contribution in [0.15, 0.2) is 23.5 Å². The summed E-state index contributed by atoms with van der Waals surface area (Å²) in [6.45, 7) is 5.21. The van der Waals surface area contributed by atoms with Crippen molar-refractivity contribution in [3.8, 4) is 0 Å². The van der Waals surface area contributed by atoms with E-state index in [0.717, 1.165) is 37.7 Å². The van der Waals surface area contributed by atoms with Crippen LogP contribution in [0.25, 0.3) is 0 Å². The van der Waals surface area contributed by atoms with Crippen molar-refractivity contribution in [3.63, 3.8) is 0 Å². The van der Waals surface area contributed by atoms with Gasteiger partial charge in [0.25, 0.3) is 0 Å². The lowest BCUT2D eigenvalue weighted by molar-refractivity contribution is -0.182. The van der Waals surface area contributed by atoms with Gasteiger partial charge in [-0.1, -0.05) is 38.7 Å². The molecule has 0 aromatic carbocycles. The summed E-state index contributed by atoms with van der Waals surface area (Å²) in [6, 6.07) is 0. The highest BCUT2D eigenvalue weighted by molar-refractivity contribution is 6.02. The monoisotopic (exact) mass is 488 g/mol. The van der Waals surface area contributed by atoms with E-state index in [1.54, 1.807) is 6.08 Å². The van der Waals surface area contributed by atoms with Crippen LogP contribution in [0.3, 0.4) is 0 Å². The molecule has 0 unspecified atom stereocenters. The molecule has 4 aliphatic rings. The number of aliphatic hydroxyl groups excluding tert-OH is 2. The van der Waals surface area contributed by atoms with E-state index in [1.165, 1.54) is 6.08 Å². The van der Waals surface area contributed by atoms with Crippen LogP contribution < -0.4 is 0 Å². The number of ketones is 2. The minimum Gasteiger partial charge on any atom is -0.430 e. The Labute approximate surface area is 207 Å². The number of hydrogen-bond donors (Lipinski definition) is 3. The van der Waals surface area contributed by atoms with E-state index in [2.05, 4.69) is 6.92 Å². The summed E-state index contributed by atoms with van der Waals surface area (Å²) in [5.74, 6) is -1.19. The number of carbonyl (C=O) groups excluding carboxylic acids is 3. The maximum Gasteiger partial charge on any atom is 0.310 e. The number of carbonyl (C=O) groups is 3. The van der Waals surface area contributed by atoms with E-state index in [0.29, 0.717) is 18.6 Å². The molecular formula is C28H40O7. The molecule has 0 saturated heterocycles. The van der Waals surface area contributed by atoms with Gasteiger partial charge in [0.15, 0.2) is 11.6 Å². The van der Waals surface area contributed by atoms with Crippen molar-refractivity contribution in [2.75, 3.05) is 6.61 Å². The maximum atomic E-state index is 12.7. The molecule has 0 aliphatic heterocycles. The molecule has 7 atom stereocenters. The molecule has 194 valence electrons. The fraction of sp³-hybridized carbons (Fsp3) is 0.750. The first-order valence-corrected chi connectivity index (χ1v) is 13.3. The van der Waals surface area contributed by atoms with Crippen LogP contribution in [0.1, 0.15) is 85.0 Å². The summed E-state index contributed by atoms with van der Waals surface area (Å²) < 4.78 is 5.86. The van der Waals surface area contributed by atoms with Gasteiger partial charge in [-0.05, 0) is 63.4 Å². The molecule has 0 aromatic heterocycles. The smallest absolute Gasteiger partial charge is 0.310 e. The van der Waals surface area contributed by atoms with Crippen LogP contribution in [0, 0.1) is 28.6 Å². The third-order valence-corrected chi connectivity index (χ3v) is 9.85. The highest BCUT2D eigenvalue weighted by atomic mass is 16.5. The molecule has 4 rings (SSSR count). The van der Waals surface area contributed by atoms with Gasteiger partial charge >= 0.3 is 5.97 Å². The molecule has 4 aliphatic carbocycles. The van der Waals surface area contributed by atoms with Gasteiger partial charge in [0.2, 0.25) is 0 Å². The highest BCUT2D eigenvalue weighted by Crippen LogP contribution is 2.68. The van der Waals surface area contributed by atoms with Crippen molar-refractivity contribution in [1.82, 2.24) is 0 Å². The minimum absolute atomic E-state index is 0.0220. The van der Waals surface area contributed by atoms with Crippen LogP contribution in [0.5, 0.6) is 0 Å². The standard InChI is InChI=1S/C28H40O7/c1-4-5-6-7-8-24(33)35-23-14-18(30)13-17-9-10-19-20-11-12-28(34,22(32)16-29)26(20,2)15-21(31)25(19)27(17,23)3/h13-14,19-21,25,29,31,34H,4-12,15-16H2,1-3H3/t19-,20-,21-,25+,26-,27+,28-/m0/s1. The molecule has 7 nitrogen and oxygen atoms in total. The quantitative estimate of drug-likeness (QED) is 0.354. The van der Waals surface area contributed by atoms with Gasteiger partial charge in [-0.15, -0.1) is 0 Å². The lowest BCUT2D eigenvalue weighted by atomic mass is 9.45. The van der Waals surface area contributed by atoms with E-state index in [-0.39, 0.29) is 48.8 Å². The number of aliphatic hydroxyl groups is 3. The first-order chi connectivity index (χ1) is 16.5. The molecular weight excluding hydrogens is 448 g/mol. The highest BCUT2D eigenvalue weighted by Gasteiger charge is 2.69. The maximum absolute atomic E-state index is 12.7. The van der Waals surface area contributed by atoms with Crippen molar-refractivity contribution in [2.45, 2.75) is 96.7 Å². The Balaban J connectivity index is 1.64. The fourth-order valence-corrected chi connectivity index (χ4v) is 8.00. The van der Waals surface area contributed by atoms with Gasteiger partial charge in [-0.2, -0.15) is 0 Å². The third kappa shape index (κ3) is 4.04. The molecule has 3 saturated carbocycles. The van der Waals surface area contributed by atoms with Crippen molar-refractivity contribution in [1.29, 1.82) is 0 Å². The first kappa shape index (κ1) is 26.2. The topological polar surface area (TPSA) is 121 Å². The first-order valence-electron chi connectivity index (χ1n) is 13.3. The SMILES string of the molecule is CCCCCCC(=O)OC1=CC(=O)C=C2CC[C@@H]3[C@H]([C@@H](O)C[C@@]4(C)[C@H]3CC[C@]4(O)C(=O)CO)[C@]21C. The molecule has 3 fully saturated rings. The molecule has 0 radical (unpaired) electrons. The van der Waals surface area contributed by atoms with Crippen LogP contribution in [-0.2, 0) is 19.1 Å². The number of Topliss-reactive ketones (excluding diaryl/α,β-unsaturated/α-hetero) is 1. The van der Waals surface area contributed by atoms with Gasteiger partial charge in [0.1, 0.15) is 18.0 Å². The number of hydrogen-bond acceptors (Lipinski definition) is 7. The Bertz CT molecular complexity index is 951. The molecule has 0 bridgehead atoms. The Morgan fingerprint density at radius 1 is 1.14 bits per heavy atom. The zero-order chi connectivity index (χ0) is 25.6. The number of ether oxygens (including phenoxy) is 1.